The summed E-state index contributed by atoms with van der Waals surface area (Å²) in [5, 5.41) is 14.9. The molecule has 8 nitrogen and oxygen atoms in total. The number of carboxylic acid groups (broad SMARTS) is 1. The molecule has 39 heavy (non-hydrogen) atoms. The van der Waals surface area contributed by atoms with Crippen LogP contribution < -0.4 is 10.6 Å². The fraction of sp³-hybridized carbons (Fsp3) is 0.323. The summed E-state index contributed by atoms with van der Waals surface area (Å²) in [6, 6.07) is 24.0. The number of ether oxygens (including phenoxy) is 1. The first kappa shape index (κ1) is 26.4. The average molecular weight is 528 g/mol. The fourth-order valence-electron chi connectivity index (χ4n) is 5.31. The standard InChI is InChI=1S/C31H33N3O5/c1-34(17-20-9-3-2-4-10-20)18-27(29(35)33-28(30(36)37)21-15-16-21)32-31(38)39-19-26-24-13-7-5-11-22(24)23-12-6-8-14-25(23)26/h2-14,21,26-28H,15-19H2,1H3,(H,32,38)(H,33,35)(H,36,37). The number of alkyl carbamates (subject to hydrolysis) is 1. The summed E-state index contributed by atoms with van der Waals surface area (Å²) in [5.74, 6) is -1.79. The highest BCUT2D eigenvalue weighted by molar-refractivity contribution is 5.89. The van der Waals surface area contributed by atoms with Crippen LogP contribution in [0.15, 0.2) is 78.9 Å². The van der Waals surface area contributed by atoms with E-state index in [4.69, 9.17) is 4.74 Å². The quantitative estimate of drug-likeness (QED) is 0.348. The molecule has 3 aromatic rings. The van der Waals surface area contributed by atoms with Gasteiger partial charge in [-0.2, -0.15) is 0 Å². The summed E-state index contributed by atoms with van der Waals surface area (Å²) in [6.07, 6.45) is 0.800. The Bertz CT molecular complexity index is 1300. The van der Waals surface area contributed by atoms with Crippen molar-refractivity contribution in [3.05, 3.63) is 95.6 Å². The van der Waals surface area contributed by atoms with Crippen molar-refractivity contribution in [3.63, 3.8) is 0 Å². The van der Waals surface area contributed by atoms with Crippen LogP contribution in [0.4, 0.5) is 4.79 Å². The molecule has 2 amide bonds. The molecule has 0 spiro atoms. The van der Waals surface area contributed by atoms with Crippen molar-refractivity contribution in [2.24, 2.45) is 5.92 Å². The van der Waals surface area contributed by atoms with Gasteiger partial charge >= 0.3 is 12.1 Å². The van der Waals surface area contributed by atoms with E-state index in [1.807, 2.05) is 78.7 Å². The van der Waals surface area contributed by atoms with Gasteiger partial charge in [-0.05, 0) is 53.6 Å². The predicted octanol–water partition coefficient (Wildman–Crippen LogP) is 4.01. The first-order valence-corrected chi connectivity index (χ1v) is 13.3. The third-order valence-corrected chi connectivity index (χ3v) is 7.40. The first-order chi connectivity index (χ1) is 18.9. The molecular weight excluding hydrogens is 494 g/mol. The number of carbonyl (C=O) groups is 3. The van der Waals surface area contributed by atoms with E-state index in [0.29, 0.717) is 6.54 Å². The van der Waals surface area contributed by atoms with E-state index in [9.17, 15) is 19.5 Å². The van der Waals surface area contributed by atoms with Gasteiger partial charge in [-0.15, -0.1) is 0 Å². The number of carboxylic acids is 1. The minimum Gasteiger partial charge on any atom is -0.480 e. The van der Waals surface area contributed by atoms with Crippen LogP contribution in [-0.2, 0) is 20.9 Å². The molecule has 0 aromatic heterocycles. The largest absolute Gasteiger partial charge is 0.480 e. The minimum atomic E-state index is -1.07. The summed E-state index contributed by atoms with van der Waals surface area (Å²) in [6.45, 7) is 0.859. The minimum absolute atomic E-state index is 0.0800. The van der Waals surface area contributed by atoms with Gasteiger partial charge < -0.3 is 20.5 Å². The Labute approximate surface area is 228 Å². The number of carbonyl (C=O) groups excluding carboxylic acids is 2. The van der Waals surface area contributed by atoms with Crippen LogP contribution in [0.3, 0.4) is 0 Å². The van der Waals surface area contributed by atoms with Crippen molar-refractivity contribution in [3.8, 4) is 11.1 Å². The highest BCUT2D eigenvalue weighted by Crippen LogP contribution is 2.44. The van der Waals surface area contributed by atoms with Gasteiger partial charge in [-0.1, -0.05) is 78.9 Å². The number of likely N-dealkylation sites (N-methyl/N-ethyl adjacent to an activating group) is 1. The van der Waals surface area contributed by atoms with Gasteiger partial charge in [-0.25, -0.2) is 9.59 Å². The number of hydrogen-bond acceptors (Lipinski definition) is 5. The lowest BCUT2D eigenvalue weighted by atomic mass is 9.98. The Kier molecular flexibility index (Phi) is 7.93. The van der Waals surface area contributed by atoms with E-state index in [1.165, 1.54) is 0 Å². The summed E-state index contributed by atoms with van der Waals surface area (Å²) < 4.78 is 5.67. The van der Waals surface area contributed by atoms with Crippen molar-refractivity contribution in [1.82, 2.24) is 15.5 Å². The van der Waals surface area contributed by atoms with Gasteiger partial charge in [0.25, 0.3) is 0 Å². The second-order valence-electron chi connectivity index (χ2n) is 10.4. The van der Waals surface area contributed by atoms with Gasteiger partial charge in [0.05, 0.1) is 0 Å². The van der Waals surface area contributed by atoms with Gasteiger partial charge in [-0.3, -0.25) is 9.69 Å². The van der Waals surface area contributed by atoms with Gasteiger partial charge in [0.1, 0.15) is 18.7 Å². The van der Waals surface area contributed by atoms with Crippen molar-refractivity contribution in [2.45, 2.75) is 37.4 Å². The predicted molar refractivity (Wildman–Crippen MR) is 147 cm³/mol. The van der Waals surface area contributed by atoms with Crippen LogP contribution in [0.2, 0.25) is 0 Å². The molecule has 3 N–H and O–H groups in total. The smallest absolute Gasteiger partial charge is 0.407 e. The van der Waals surface area contributed by atoms with E-state index in [1.54, 1.807) is 0 Å². The molecule has 2 atom stereocenters. The maximum Gasteiger partial charge on any atom is 0.407 e. The highest BCUT2D eigenvalue weighted by atomic mass is 16.5. The first-order valence-electron chi connectivity index (χ1n) is 13.3. The molecule has 2 aliphatic rings. The van der Waals surface area contributed by atoms with Gasteiger partial charge in [0, 0.05) is 19.0 Å². The van der Waals surface area contributed by atoms with Crippen molar-refractivity contribution in [1.29, 1.82) is 0 Å². The van der Waals surface area contributed by atoms with E-state index in [0.717, 1.165) is 40.7 Å². The van der Waals surface area contributed by atoms with E-state index in [-0.39, 0.29) is 25.0 Å². The Morgan fingerprint density at radius 2 is 1.49 bits per heavy atom. The van der Waals surface area contributed by atoms with E-state index >= 15 is 0 Å². The maximum atomic E-state index is 13.2. The lowest BCUT2D eigenvalue weighted by Crippen LogP contribution is -2.55. The Balaban J connectivity index is 1.26. The number of amides is 2. The normalized spacial score (nSPS) is 15.6. The zero-order valence-corrected chi connectivity index (χ0v) is 21.9. The van der Waals surface area contributed by atoms with E-state index in [2.05, 4.69) is 22.8 Å². The Morgan fingerprint density at radius 1 is 0.897 bits per heavy atom. The molecule has 0 heterocycles. The SMILES string of the molecule is CN(Cc1ccccc1)CC(NC(=O)OCC1c2ccccc2-c2ccccc21)C(=O)NC(C(=O)O)C1CC1. The molecule has 2 unspecified atom stereocenters. The van der Waals surface area contributed by atoms with Crippen LogP contribution in [-0.4, -0.2) is 60.3 Å². The molecular formula is C31H33N3O5. The number of hydrogen-bond donors (Lipinski definition) is 3. The van der Waals surface area contributed by atoms with Crippen molar-refractivity contribution >= 4 is 18.0 Å². The number of nitrogens with one attached hydrogen (secondary N) is 2. The highest BCUT2D eigenvalue weighted by Gasteiger charge is 2.39. The summed E-state index contributed by atoms with van der Waals surface area (Å²) in [4.78, 5) is 39.9. The Hall–Kier alpha value is -4.17. The Morgan fingerprint density at radius 3 is 2.08 bits per heavy atom. The average Bonchev–Trinajstić information content (AvgIpc) is 3.72. The zero-order chi connectivity index (χ0) is 27.4. The zero-order valence-electron chi connectivity index (χ0n) is 21.9. The maximum absolute atomic E-state index is 13.2. The topological polar surface area (TPSA) is 108 Å². The molecule has 0 aliphatic heterocycles. The van der Waals surface area contributed by atoms with Crippen LogP contribution in [0.25, 0.3) is 11.1 Å². The molecule has 1 fully saturated rings. The lowest BCUT2D eigenvalue weighted by molar-refractivity contribution is -0.142. The molecule has 8 heteroatoms. The van der Waals surface area contributed by atoms with Crippen LogP contribution in [0, 0.1) is 5.92 Å². The van der Waals surface area contributed by atoms with Crippen LogP contribution >= 0.6 is 0 Å². The molecule has 2 aliphatic carbocycles. The third-order valence-electron chi connectivity index (χ3n) is 7.40. The second-order valence-corrected chi connectivity index (χ2v) is 10.4. The monoisotopic (exact) mass is 527 g/mol. The van der Waals surface area contributed by atoms with Crippen LogP contribution in [0.1, 0.15) is 35.4 Å². The molecule has 0 saturated heterocycles. The molecule has 1 saturated carbocycles. The van der Waals surface area contributed by atoms with E-state index < -0.39 is 30.1 Å². The number of aliphatic carboxylic acids is 1. The third kappa shape index (κ3) is 6.29. The molecule has 5 rings (SSSR count). The van der Waals surface area contributed by atoms with Crippen LogP contribution in [0.5, 0.6) is 0 Å². The summed E-state index contributed by atoms with van der Waals surface area (Å²) >= 11 is 0. The fourth-order valence-corrected chi connectivity index (χ4v) is 5.31. The number of fused-ring (bicyclic) bond motifs is 3. The molecule has 3 aromatic carbocycles. The molecule has 0 radical (unpaired) electrons. The number of rotatable bonds is 11. The lowest BCUT2D eigenvalue weighted by Gasteiger charge is -2.26. The van der Waals surface area contributed by atoms with Crippen molar-refractivity contribution < 1.29 is 24.2 Å². The molecule has 0 bridgehead atoms. The second kappa shape index (κ2) is 11.7. The summed E-state index contributed by atoms with van der Waals surface area (Å²) in [7, 11) is 1.85. The van der Waals surface area contributed by atoms with Gasteiger partial charge in [0.15, 0.2) is 0 Å². The molecule has 202 valence electrons. The van der Waals surface area contributed by atoms with Gasteiger partial charge in [0.2, 0.25) is 5.91 Å². The van der Waals surface area contributed by atoms with Crippen molar-refractivity contribution in [2.75, 3.05) is 20.2 Å². The number of nitrogens with zero attached hydrogens (tertiary/aromatic N) is 1. The summed E-state index contributed by atoms with van der Waals surface area (Å²) in [5.41, 5.74) is 5.50. The number of benzene rings is 3.